The Labute approximate surface area is 122 Å². The van der Waals surface area contributed by atoms with E-state index in [1.807, 2.05) is 29.5 Å². The van der Waals surface area contributed by atoms with E-state index in [0.717, 1.165) is 17.6 Å². The summed E-state index contributed by atoms with van der Waals surface area (Å²) in [7, 11) is 0. The molecule has 0 aliphatic heterocycles. The van der Waals surface area contributed by atoms with Gasteiger partial charge in [-0.05, 0) is 29.0 Å². The summed E-state index contributed by atoms with van der Waals surface area (Å²) in [5.41, 5.74) is -0.0350. The molecule has 0 amide bonds. The second kappa shape index (κ2) is 6.09. The Morgan fingerprint density at radius 1 is 1.53 bits per heavy atom. The van der Waals surface area contributed by atoms with Crippen molar-refractivity contribution < 1.29 is 9.63 Å². The number of halogens is 1. The number of fused-ring (bicyclic) bond motifs is 1. The third-order valence-electron chi connectivity index (χ3n) is 2.61. The highest BCUT2D eigenvalue weighted by Gasteiger charge is 2.16. The first-order chi connectivity index (χ1) is 9.20. The molecule has 2 aromatic rings. The highest BCUT2D eigenvalue weighted by Crippen LogP contribution is 2.18. The van der Waals surface area contributed by atoms with E-state index in [1.165, 1.54) is 6.33 Å². The molecule has 0 bridgehead atoms. The molecule has 0 saturated heterocycles. The highest BCUT2D eigenvalue weighted by atomic mass is 127. The van der Waals surface area contributed by atoms with E-state index in [4.69, 9.17) is 4.84 Å². The molecule has 100 valence electrons. The molecule has 0 aliphatic carbocycles. The van der Waals surface area contributed by atoms with Crippen LogP contribution in [0.15, 0.2) is 17.3 Å². The number of unbranched alkanes of at least 4 members (excludes halogenated alkanes) is 1. The fourth-order valence-corrected chi connectivity index (χ4v) is 2.34. The summed E-state index contributed by atoms with van der Waals surface area (Å²) in [5.74, 6) is 0. The number of hydrogen-bond acceptors (Lipinski definition) is 5. The summed E-state index contributed by atoms with van der Waals surface area (Å²) in [5, 5.41) is 0.626. The van der Waals surface area contributed by atoms with E-state index in [9.17, 15) is 9.59 Å². The molecular weight excluding hydrogens is 361 g/mol. The molecule has 19 heavy (non-hydrogen) atoms. The number of aromatic nitrogens is 3. The molecule has 0 aromatic carbocycles. The monoisotopic (exact) mass is 373 g/mol. The number of nitrogens with zero attached hydrogens (tertiary/aromatic N) is 3. The Balaban J connectivity index is 2.66. The van der Waals surface area contributed by atoms with Crippen molar-refractivity contribution in [2.24, 2.45) is 0 Å². The third kappa shape index (κ3) is 2.60. The zero-order chi connectivity index (χ0) is 13.8. The van der Waals surface area contributed by atoms with Crippen LogP contribution in [0.5, 0.6) is 0 Å². The number of hydrogen-bond donors (Lipinski definition) is 0. The topological polar surface area (TPSA) is 74.1 Å². The summed E-state index contributed by atoms with van der Waals surface area (Å²) >= 11 is 1.95. The van der Waals surface area contributed by atoms with Crippen LogP contribution in [0.2, 0.25) is 0 Å². The normalized spacial score (nSPS) is 10.6. The van der Waals surface area contributed by atoms with Gasteiger partial charge in [0.15, 0.2) is 11.9 Å². The number of rotatable bonds is 5. The van der Waals surface area contributed by atoms with Gasteiger partial charge in [-0.3, -0.25) is 9.59 Å². The molecule has 2 heterocycles. The van der Waals surface area contributed by atoms with E-state index >= 15 is 0 Å². The molecular formula is C12H12IN3O3. The van der Waals surface area contributed by atoms with Crippen LogP contribution in [0, 0.1) is 3.57 Å². The second-order valence-corrected chi connectivity index (χ2v) is 4.97. The minimum Gasteiger partial charge on any atom is -0.409 e. The molecule has 7 heteroatoms. The van der Waals surface area contributed by atoms with E-state index in [0.29, 0.717) is 27.5 Å². The van der Waals surface area contributed by atoms with Crippen molar-refractivity contribution in [1.82, 2.24) is 14.7 Å². The van der Waals surface area contributed by atoms with Crippen molar-refractivity contribution in [3.63, 3.8) is 0 Å². The van der Waals surface area contributed by atoms with Crippen LogP contribution in [-0.4, -0.2) is 27.6 Å². The third-order valence-corrected chi connectivity index (χ3v) is 3.77. The van der Waals surface area contributed by atoms with Crippen LogP contribution in [-0.2, 0) is 0 Å². The zero-order valence-corrected chi connectivity index (χ0v) is 12.5. The standard InChI is InChI=1S/C12H12IN3O3/c1-2-3-4-19-16-11-8(5-14-7-15-11)10(13)9(6-17)12(16)18/h5-7H,2-4H2,1H3. The SMILES string of the molecule is CCCCOn1c(=O)c(C=O)c(I)c2cncnc21. The van der Waals surface area contributed by atoms with Crippen molar-refractivity contribution in [1.29, 1.82) is 0 Å². The van der Waals surface area contributed by atoms with Crippen molar-refractivity contribution in [3.8, 4) is 0 Å². The lowest BCUT2D eigenvalue weighted by Crippen LogP contribution is -2.32. The molecule has 0 radical (unpaired) electrons. The Hall–Kier alpha value is -1.51. The van der Waals surface area contributed by atoms with Gasteiger partial charge in [-0.1, -0.05) is 13.3 Å². The van der Waals surface area contributed by atoms with Gasteiger partial charge in [-0.25, -0.2) is 9.97 Å². The largest absolute Gasteiger partial charge is 0.409 e. The van der Waals surface area contributed by atoms with Gasteiger partial charge in [0.05, 0.1) is 10.9 Å². The minimum absolute atomic E-state index is 0.0689. The van der Waals surface area contributed by atoms with E-state index in [-0.39, 0.29) is 5.56 Å². The lowest BCUT2D eigenvalue weighted by molar-refractivity contribution is 0.104. The van der Waals surface area contributed by atoms with Gasteiger partial charge in [-0.2, -0.15) is 0 Å². The maximum atomic E-state index is 12.2. The maximum absolute atomic E-state index is 12.2. The number of carbonyl (C=O) groups is 1. The van der Waals surface area contributed by atoms with Crippen LogP contribution in [0.4, 0.5) is 0 Å². The van der Waals surface area contributed by atoms with Crippen LogP contribution in [0.1, 0.15) is 30.1 Å². The smallest absolute Gasteiger partial charge is 0.296 e. The van der Waals surface area contributed by atoms with E-state index in [1.54, 1.807) is 6.20 Å². The fraction of sp³-hybridized carbons (Fsp3) is 0.333. The molecule has 2 rings (SSSR count). The van der Waals surface area contributed by atoms with Crippen LogP contribution >= 0.6 is 22.6 Å². The molecule has 0 unspecified atom stereocenters. The molecule has 0 spiro atoms. The summed E-state index contributed by atoms with van der Waals surface area (Å²) in [4.78, 5) is 36.6. The molecule has 0 fully saturated rings. The van der Waals surface area contributed by atoms with Gasteiger partial charge >= 0.3 is 0 Å². The quantitative estimate of drug-likeness (QED) is 0.451. The van der Waals surface area contributed by atoms with Gasteiger partial charge in [-0.15, -0.1) is 4.73 Å². The first-order valence-electron chi connectivity index (χ1n) is 5.83. The Kier molecular flexibility index (Phi) is 4.46. The Morgan fingerprint density at radius 3 is 3.00 bits per heavy atom. The summed E-state index contributed by atoms with van der Waals surface area (Å²) in [6.45, 7) is 2.42. The molecule has 0 N–H and O–H groups in total. The van der Waals surface area contributed by atoms with Gasteiger partial charge in [0.25, 0.3) is 5.56 Å². The maximum Gasteiger partial charge on any atom is 0.296 e. The fourth-order valence-electron chi connectivity index (χ4n) is 1.61. The molecule has 0 saturated carbocycles. The first-order valence-corrected chi connectivity index (χ1v) is 6.91. The van der Waals surface area contributed by atoms with Gasteiger partial charge in [0.2, 0.25) is 0 Å². The van der Waals surface area contributed by atoms with Crippen LogP contribution in [0.3, 0.4) is 0 Å². The molecule has 2 aromatic heterocycles. The lowest BCUT2D eigenvalue weighted by atomic mass is 10.2. The zero-order valence-electron chi connectivity index (χ0n) is 10.3. The van der Waals surface area contributed by atoms with Gasteiger partial charge in [0.1, 0.15) is 12.9 Å². The van der Waals surface area contributed by atoms with Crippen LogP contribution in [0.25, 0.3) is 11.0 Å². The highest BCUT2D eigenvalue weighted by molar-refractivity contribution is 14.1. The lowest BCUT2D eigenvalue weighted by Gasteiger charge is -2.12. The Bertz CT molecular complexity index is 669. The van der Waals surface area contributed by atoms with Crippen molar-refractivity contribution in [2.45, 2.75) is 19.8 Å². The molecule has 0 atom stereocenters. The van der Waals surface area contributed by atoms with Crippen molar-refractivity contribution in [3.05, 3.63) is 32.0 Å². The van der Waals surface area contributed by atoms with E-state index in [2.05, 4.69) is 9.97 Å². The van der Waals surface area contributed by atoms with Gasteiger partial charge < -0.3 is 4.84 Å². The average Bonchev–Trinajstić information content (AvgIpc) is 2.43. The summed E-state index contributed by atoms with van der Waals surface area (Å²) < 4.78 is 1.63. The number of carbonyl (C=O) groups excluding carboxylic acids is 1. The van der Waals surface area contributed by atoms with E-state index < -0.39 is 5.56 Å². The predicted octanol–water partition coefficient (Wildman–Crippen LogP) is 1.44. The first kappa shape index (κ1) is 13.9. The average molecular weight is 373 g/mol. The summed E-state index contributed by atoms with van der Waals surface area (Å²) in [6, 6.07) is 0. The second-order valence-electron chi connectivity index (χ2n) is 3.89. The number of pyridine rings is 1. The summed E-state index contributed by atoms with van der Waals surface area (Å²) in [6.07, 6.45) is 5.22. The van der Waals surface area contributed by atoms with Crippen molar-refractivity contribution >= 4 is 39.9 Å². The predicted molar refractivity (Wildman–Crippen MR) is 78.3 cm³/mol. The molecule has 0 aliphatic rings. The minimum atomic E-state index is -0.485. The van der Waals surface area contributed by atoms with Crippen molar-refractivity contribution in [2.75, 3.05) is 6.61 Å². The van der Waals surface area contributed by atoms with Gasteiger partial charge in [0, 0.05) is 9.77 Å². The Morgan fingerprint density at radius 2 is 2.32 bits per heavy atom. The van der Waals surface area contributed by atoms with Crippen LogP contribution < -0.4 is 10.4 Å². The number of aldehydes is 1. The molecule has 6 nitrogen and oxygen atoms in total.